The van der Waals surface area contributed by atoms with Gasteiger partial charge in [0.1, 0.15) is 5.76 Å². The van der Waals surface area contributed by atoms with Crippen molar-refractivity contribution in [3.63, 3.8) is 0 Å². The third kappa shape index (κ3) is 1.80. The van der Waals surface area contributed by atoms with Gasteiger partial charge in [-0.1, -0.05) is 10.3 Å². The van der Waals surface area contributed by atoms with E-state index in [4.69, 9.17) is 15.2 Å². The molecule has 0 spiro atoms. The van der Waals surface area contributed by atoms with Crippen molar-refractivity contribution in [1.29, 1.82) is 0 Å². The third-order valence-corrected chi connectivity index (χ3v) is 1.79. The van der Waals surface area contributed by atoms with Crippen LogP contribution in [0, 0.1) is 13.8 Å². The Hall–Kier alpha value is -1.52. The quantitative estimate of drug-likeness (QED) is 0.437. The summed E-state index contributed by atoms with van der Waals surface area (Å²) in [5.74, 6) is 0.573. The predicted molar refractivity (Wildman–Crippen MR) is 44.9 cm³/mol. The Bertz CT molecular complexity index is 321. The third-order valence-electron chi connectivity index (χ3n) is 1.79. The van der Waals surface area contributed by atoms with E-state index in [0.717, 1.165) is 0 Å². The normalized spacial score (nSPS) is 12.2. The molecule has 13 heavy (non-hydrogen) atoms. The summed E-state index contributed by atoms with van der Waals surface area (Å²) in [7, 11) is 0. The molecule has 0 amide bonds. The van der Waals surface area contributed by atoms with Gasteiger partial charge in [-0.25, -0.2) is 0 Å². The van der Waals surface area contributed by atoms with Crippen molar-refractivity contribution >= 4 is 0 Å². The van der Waals surface area contributed by atoms with E-state index >= 15 is 0 Å². The van der Waals surface area contributed by atoms with Crippen LogP contribution in [-0.2, 0) is 0 Å². The largest absolute Gasteiger partial charge is 0.396 e. The number of hydrogen-bond donors (Lipinski definition) is 1. The van der Waals surface area contributed by atoms with Crippen LogP contribution in [0.15, 0.2) is 9.64 Å². The second-order valence-electron chi connectivity index (χ2n) is 2.64. The minimum absolute atomic E-state index is 0.243. The highest BCUT2D eigenvalue weighted by atomic mass is 16.5. The van der Waals surface area contributed by atoms with Crippen molar-refractivity contribution in [3.05, 3.63) is 27.5 Å². The van der Waals surface area contributed by atoms with Crippen molar-refractivity contribution in [1.82, 2.24) is 5.16 Å². The van der Waals surface area contributed by atoms with Crippen LogP contribution in [-0.4, -0.2) is 16.9 Å². The molecule has 1 aromatic rings. The number of nitrogens with zero attached hydrogens (tertiary/aromatic N) is 4. The molecule has 1 N–H and O–H groups in total. The highest BCUT2D eigenvalue weighted by molar-refractivity contribution is 5.25. The molecule has 1 unspecified atom stereocenters. The molecule has 0 aromatic carbocycles. The smallest absolute Gasteiger partial charge is 0.137 e. The Morgan fingerprint density at radius 1 is 1.69 bits per heavy atom. The van der Waals surface area contributed by atoms with Crippen LogP contribution in [0.1, 0.15) is 23.1 Å². The minimum atomic E-state index is -0.601. The van der Waals surface area contributed by atoms with Crippen molar-refractivity contribution in [2.45, 2.75) is 19.9 Å². The molecule has 0 aliphatic rings. The van der Waals surface area contributed by atoms with Crippen LogP contribution < -0.4 is 0 Å². The number of aryl methyl sites for hydroxylation is 2. The molecule has 0 aliphatic heterocycles. The van der Waals surface area contributed by atoms with Crippen LogP contribution in [0.25, 0.3) is 10.4 Å². The van der Waals surface area contributed by atoms with Gasteiger partial charge in [0.05, 0.1) is 18.3 Å². The fraction of sp³-hybridized carbons (Fsp3) is 0.571. The van der Waals surface area contributed by atoms with Gasteiger partial charge in [0.2, 0.25) is 0 Å². The first-order chi connectivity index (χ1) is 6.20. The first-order valence-corrected chi connectivity index (χ1v) is 3.78. The summed E-state index contributed by atoms with van der Waals surface area (Å²) >= 11 is 0. The van der Waals surface area contributed by atoms with Gasteiger partial charge in [0.25, 0.3) is 0 Å². The molecule has 1 atom stereocenters. The Kier molecular flexibility index (Phi) is 2.89. The van der Waals surface area contributed by atoms with Crippen LogP contribution >= 0.6 is 0 Å². The van der Waals surface area contributed by atoms with Gasteiger partial charge in [-0.05, 0) is 19.4 Å². The summed E-state index contributed by atoms with van der Waals surface area (Å²) in [5, 5.41) is 16.1. The number of hydrogen-bond acceptors (Lipinski definition) is 4. The number of aromatic nitrogens is 1. The van der Waals surface area contributed by atoms with E-state index < -0.39 is 6.04 Å². The van der Waals surface area contributed by atoms with E-state index in [1.54, 1.807) is 13.8 Å². The van der Waals surface area contributed by atoms with Crippen molar-refractivity contribution < 1.29 is 9.63 Å². The van der Waals surface area contributed by atoms with E-state index in [2.05, 4.69) is 15.2 Å². The topological polar surface area (TPSA) is 95.0 Å². The van der Waals surface area contributed by atoms with Gasteiger partial charge in [-0.3, -0.25) is 0 Å². The molecule has 0 bridgehead atoms. The summed E-state index contributed by atoms with van der Waals surface area (Å²) in [6.07, 6.45) is 0. The molecule has 1 rings (SSSR count). The maximum atomic E-state index is 8.94. The van der Waals surface area contributed by atoms with E-state index in [-0.39, 0.29) is 6.61 Å². The molecule has 0 aliphatic carbocycles. The first kappa shape index (κ1) is 9.57. The fourth-order valence-electron chi connectivity index (χ4n) is 1.21. The number of rotatable bonds is 3. The zero-order valence-corrected chi connectivity index (χ0v) is 7.43. The average molecular weight is 182 g/mol. The number of aliphatic hydroxyl groups is 1. The standard InChI is InChI=1S/C7H10N4O2/c1-4-7(5(2)13-10-4)6(3-12)9-11-8/h6,12H,3H2,1-2H3. The van der Waals surface area contributed by atoms with E-state index in [1.165, 1.54) is 0 Å². The summed E-state index contributed by atoms with van der Waals surface area (Å²) in [5.41, 5.74) is 9.55. The molecular weight excluding hydrogens is 172 g/mol. The van der Waals surface area contributed by atoms with Gasteiger partial charge in [-0.2, -0.15) is 0 Å². The fourth-order valence-corrected chi connectivity index (χ4v) is 1.21. The zero-order valence-electron chi connectivity index (χ0n) is 7.43. The number of azide groups is 1. The van der Waals surface area contributed by atoms with Gasteiger partial charge in [0, 0.05) is 10.5 Å². The lowest BCUT2D eigenvalue weighted by molar-refractivity contribution is 0.266. The molecule has 0 fully saturated rings. The lowest BCUT2D eigenvalue weighted by Gasteiger charge is -2.05. The van der Waals surface area contributed by atoms with Gasteiger partial charge in [0.15, 0.2) is 0 Å². The first-order valence-electron chi connectivity index (χ1n) is 3.78. The van der Waals surface area contributed by atoms with Crippen LogP contribution in [0.5, 0.6) is 0 Å². The van der Waals surface area contributed by atoms with Crippen molar-refractivity contribution in [2.75, 3.05) is 6.61 Å². The molecule has 70 valence electrons. The summed E-state index contributed by atoms with van der Waals surface area (Å²) in [4.78, 5) is 2.64. The molecule has 1 aromatic heterocycles. The van der Waals surface area contributed by atoms with Crippen molar-refractivity contribution in [3.8, 4) is 0 Å². The van der Waals surface area contributed by atoms with Crippen LogP contribution in [0.2, 0.25) is 0 Å². The predicted octanol–water partition coefficient (Wildman–Crippen LogP) is 1.64. The Morgan fingerprint density at radius 3 is 2.77 bits per heavy atom. The lowest BCUT2D eigenvalue weighted by Crippen LogP contribution is -2.02. The maximum Gasteiger partial charge on any atom is 0.137 e. The Labute approximate surface area is 74.8 Å². The molecule has 0 saturated heterocycles. The summed E-state index contributed by atoms with van der Waals surface area (Å²) in [6.45, 7) is 3.21. The van der Waals surface area contributed by atoms with E-state index in [9.17, 15) is 0 Å². The maximum absolute atomic E-state index is 8.94. The van der Waals surface area contributed by atoms with Crippen molar-refractivity contribution in [2.24, 2.45) is 5.11 Å². The Balaban J connectivity index is 3.09. The summed E-state index contributed by atoms with van der Waals surface area (Å²) < 4.78 is 4.88. The highest BCUT2D eigenvalue weighted by Crippen LogP contribution is 2.23. The second-order valence-corrected chi connectivity index (χ2v) is 2.64. The zero-order chi connectivity index (χ0) is 9.84. The van der Waals surface area contributed by atoms with Crippen LogP contribution in [0.4, 0.5) is 0 Å². The van der Waals surface area contributed by atoms with Gasteiger partial charge >= 0.3 is 0 Å². The molecule has 0 saturated carbocycles. The Morgan fingerprint density at radius 2 is 2.38 bits per heavy atom. The average Bonchev–Trinajstić information content (AvgIpc) is 2.43. The SMILES string of the molecule is Cc1noc(C)c1C(CO)N=[N+]=[N-]. The molecular formula is C7H10N4O2. The highest BCUT2D eigenvalue weighted by Gasteiger charge is 2.17. The lowest BCUT2D eigenvalue weighted by atomic mass is 10.1. The van der Waals surface area contributed by atoms with Gasteiger partial charge < -0.3 is 9.63 Å². The van der Waals surface area contributed by atoms with Crippen LogP contribution in [0.3, 0.4) is 0 Å². The van der Waals surface area contributed by atoms with E-state index in [1.807, 2.05) is 0 Å². The molecule has 6 heteroatoms. The summed E-state index contributed by atoms with van der Waals surface area (Å²) in [6, 6.07) is -0.601. The monoisotopic (exact) mass is 182 g/mol. The van der Waals surface area contributed by atoms with Gasteiger partial charge in [-0.15, -0.1) is 0 Å². The molecule has 6 nitrogen and oxygen atoms in total. The van der Waals surface area contributed by atoms with E-state index in [0.29, 0.717) is 17.0 Å². The minimum Gasteiger partial charge on any atom is -0.396 e. The molecule has 1 heterocycles. The molecule has 0 radical (unpaired) electrons. The number of aliphatic hydroxyl groups excluding tert-OH is 1. The second kappa shape index (κ2) is 3.93.